The predicted molar refractivity (Wildman–Crippen MR) is 131 cm³/mol. The zero-order valence-electron chi connectivity index (χ0n) is 18.6. The number of benzene rings is 3. The van der Waals surface area contributed by atoms with Crippen LogP contribution in [0.15, 0.2) is 65.1 Å². The average Bonchev–Trinajstić information content (AvgIpc) is 3.28. The number of carbonyl (C=O) groups is 1. The predicted octanol–water partition coefficient (Wildman–Crippen LogP) is 7.58. The molecule has 0 bridgehead atoms. The van der Waals surface area contributed by atoms with Crippen molar-refractivity contribution in [2.24, 2.45) is 11.8 Å². The third-order valence-electron chi connectivity index (χ3n) is 6.88. The lowest BCUT2D eigenvalue weighted by Crippen LogP contribution is -2.27. The highest BCUT2D eigenvalue weighted by Gasteiger charge is 2.26. The second kappa shape index (κ2) is 9.15. The van der Waals surface area contributed by atoms with Gasteiger partial charge in [0.15, 0.2) is 5.58 Å². The van der Waals surface area contributed by atoms with Crippen molar-refractivity contribution < 1.29 is 9.21 Å². The quantitative estimate of drug-likeness (QED) is 0.346. The molecule has 3 aromatic carbocycles. The summed E-state index contributed by atoms with van der Waals surface area (Å²) in [6, 6.07) is 20.0. The van der Waals surface area contributed by atoms with E-state index in [9.17, 15) is 4.79 Å². The zero-order valence-corrected chi connectivity index (χ0v) is 18.6. The van der Waals surface area contributed by atoms with Gasteiger partial charge in [0.05, 0.1) is 11.3 Å². The molecule has 5 rings (SSSR count). The van der Waals surface area contributed by atoms with Gasteiger partial charge < -0.3 is 9.73 Å². The molecule has 1 aliphatic rings. The Labute approximate surface area is 189 Å². The largest absolute Gasteiger partial charge is 0.435 e. The van der Waals surface area contributed by atoms with Crippen LogP contribution in [0.25, 0.3) is 33.3 Å². The standard InChI is InChI=1S/C28H30N2O2/c1-2-3-8-19-13-15-21(16-14-19)27(31)29-24-12-7-6-11-23(24)28-30-25-18-17-20-9-4-5-10-22(20)26(25)32-28/h4-7,9-12,17-19,21H,2-3,8,13-16H2,1H3,(H,29,31). The summed E-state index contributed by atoms with van der Waals surface area (Å²) in [5, 5.41) is 5.35. The first-order valence-corrected chi connectivity index (χ1v) is 11.9. The van der Waals surface area contributed by atoms with Crippen LogP contribution in [-0.2, 0) is 4.79 Å². The van der Waals surface area contributed by atoms with Crippen LogP contribution in [0, 0.1) is 11.8 Å². The minimum atomic E-state index is 0.0912. The summed E-state index contributed by atoms with van der Waals surface area (Å²) in [4.78, 5) is 17.8. The second-order valence-electron chi connectivity index (χ2n) is 9.05. The number of amides is 1. The highest BCUT2D eigenvalue weighted by atomic mass is 16.3. The number of anilines is 1. The number of hydrogen-bond acceptors (Lipinski definition) is 3. The Morgan fingerprint density at radius 2 is 1.78 bits per heavy atom. The van der Waals surface area contributed by atoms with Crippen LogP contribution < -0.4 is 5.32 Å². The molecule has 1 amide bonds. The minimum Gasteiger partial charge on any atom is -0.435 e. The van der Waals surface area contributed by atoms with Gasteiger partial charge in [-0.25, -0.2) is 4.98 Å². The average molecular weight is 427 g/mol. The van der Waals surface area contributed by atoms with Crippen LogP contribution in [0.4, 0.5) is 5.69 Å². The number of hydrogen-bond donors (Lipinski definition) is 1. The number of nitrogens with zero attached hydrogens (tertiary/aromatic N) is 1. The molecule has 1 N–H and O–H groups in total. The van der Waals surface area contributed by atoms with E-state index in [0.29, 0.717) is 5.89 Å². The van der Waals surface area contributed by atoms with Crippen molar-refractivity contribution in [2.75, 3.05) is 5.32 Å². The number of oxazole rings is 1. The van der Waals surface area contributed by atoms with Crippen molar-refractivity contribution in [3.63, 3.8) is 0 Å². The fraction of sp³-hybridized carbons (Fsp3) is 0.357. The lowest BCUT2D eigenvalue weighted by Gasteiger charge is -2.27. The molecule has 1 aliphatic carbocycles. The molecule has 4 heteroatoms. The van der Waals surface area contributed by atoms with Crippen LogP contribution in [0.2, 0.25) is 0 Å². The van der Waals surface area contributed by atoms with Gasteiger partial charge in [-0.3, -0.25) is 4.79 Å². The van der Waals surface area contributed by atoms with E-state index in [1.54, 1.807) is 0 Å². The van der Waals surface area contributed by atoms with Gasteiger partial charge in [-0.2, -0.15) is 0 Å². The molecule has 1 saturated carbocycles. The van der Waals surface area contributed by atoms with Gasteiger partial charge >= 0.3 is 0 Å². The van der Waals surface area contributed by atoms with E-state index in [1.165, 1.54) is 19.3 Å². The Hall–Kier alpha value is -3.14. The molecule has 0 aliphatic heterocycles. The maximum Gasteiger partial charge on any atom is 0.229 e. The molecule has 4 nitrogen and oxygen atoms in total. The number of unbranched alkanes of at least 4 members (excludes halogenated alkanes) is 1. The Balaban J connectivity index is 1.37. The first-order chi connectivity index (χ1) is 15.7. The summed E-state index contributed by atoms with van der Waals surface area (Å²) in [6.45, 7) is 2.25. The lowest BCUT2D eigenvalue weighted by molar-refractivity contribution is -0.121. The number of rotatable bonds is 6. The number of aromatic nitrogens is 1. The molecular formula is C28H30N2O2. The van der Waals surface area contributed by atoms with Crippen molar-refractivity contribution in [2.45, 2.75) is 51.9 Å². The van der Waals surface area contributed by atoms with Gasteiger partial charge in [0.1, 0.15) is 5.52 Å². The van der Waals surface area contributed by atoms with Gasteiger partial charge in [-0.1, -0.05) is 68.7 Å². The van der Waals surface area contributed by atoms with Crippen molar-refractivity contribution in [3.8, 4) is 11.5 Å². The molecule has 0 radical (unpaired) electrons. The summed E-state index contributed by atoms with van der Waals surface area (Å²) in [5.74, 6) is 1.54. The third-order valence-corrected chi connectivity index (χ3v) is 6.88. The van der Waals surface area contributed by atoms with Gasteiger partial charge in [0.25, 0.3) is 0 Å². The van der Waals surface area contributed by atoms with E-state index >= 15 is 0 Å². The fourth-order valence-corrected chi connectivity index (χ4v) is 4.99. The molecule has 0 saturated heterocycles. The Morgan fingerprint density at radius 3 is 2.62 bits per heavy atom. The first-order valence-electron chi connectivity index (χ1n) is 11.9. The van der Waals surface area contributed by atoms with E-state index < -0.39 is 0 Å². The summed E-state index contributed by atoms with van der Waals surface area (Å²) in [7, 11) is 0. The molecule has 32 heavy (non-hydrogen) atoms. The Kier molecular flexibility index (Phi) is 5.93. The molecule has 1 heterocycles. The van der Waals surface area contributed by atoms with E-state index in [1.807, 2.05) is 42.5 Å². The smallest absolute Gasteiger partial charge is 0.229 e. The van der Waals surface area contributed by atoms with Crippen LogP contribution in [0.5, 0.6) is 0 Å². The molecule has 0 atom stereocenters. The number of fused-ring (bicyclic) bond motifs is 3. The lowest BCUT2D eigenvalue weighted by atomic mass is 9.79. The minimum absolute atomic E-state index is 0.0912. The number of nitrogens with one attached hydrogen (secondary N) is 1. The highest BCUT2D eigenvalue weighted by Crippen LogP contribution is 2.35. The maximum atomic E-state index is 13.1. The maximum absolute atomic E-state index is 13.1. The van der Waals surface area contributed by atoms with Crippen LogP contribution in [0.1, 0.15) is 51.9 Å². The van der Waals surface area contributed by atoms with E-state index in [0.717, 1.165) is 64.7 Å². The number of para-hydroxylation sites is 1. The van der Waals surface area contributed by atoms with E-state index in [4.69, 9.17) is 9.40 Å². The van der Waals surface area contributed by atoms with Crippen molar-refractivity contribution in [1.82, 2.24) is 4.98 Å². The summed E-state index contributed by atoms with van der Waals surface area (Å²) >= 11 is 0. The van der Waals surface area contributed by atoms with E-state index in [-0.39, 0.29) is 11.8 Å². The normalized spacial score (nSPS) is 18.8. The fourth-order valence-electron chi connectivity index (χ4n) is 4.99. The number of carbonyl (C=O) groups excluding carboxylic acids is 1. The molecule has 0 spiro atoms. The van der Waals surface area contributed by atoms with Gasteiger partial charge in [-0.05, 0) is 55.2 Å². The third kappa shape index (κ3) is 4.14. The summed E-state index contributed by atoms with van der Waals surface area (Å²) in [6.07, 6.45) is 8.15. The van der Waals surface area contributed by atoms with Gasteiger partial charge in [-0.15, -0.1) is 0 Å². The monoisotopic (exact) mass is 426 g/mol. The van der Waals surface area contributed by atoms with Crippen LogP contribution in [-0.4, -0.2) is 10.9 Å². The van der Waals surface area contributed by atoms with E-state index in [2.05, 4.69) is 30.4 Å². The topological polar surface area (TPSA) is 55.1 Å². The van der Waals surface area contributed by atoms with Crippen LogP contribution >= 0.6 is 0 Å². The second-order valence-corrected chi connectivity index (χ2v) is 9.05. The van der Waals surface area contributed by atoms with Crippen molar-refractivity contribution in [3.05, 3.63) is 60.7 Å². The molecule has 1 fully saturated rings. The van der Waals surface area contributed by atoms with Crippen molar-refractivity contribution in [1.29, 1.82) is 0 Å². The molecule has 0 unspecified atom stereocenters. The van der Waals surface area contributed by atoms with Crippen LogP contribution in [0.3, 0.4) is 0 Å². The highest BCUT2D eigenvalue weighted by molar-refractivity contribution is 6.04. The molecular weight excluding hydrogens is 396 g/mol. The molecule has 4 aromatic rings. The summed E-state index contributed by atoms with van der Waals surface area (Å²) in [5.41, 5.74) is 3.19. The zero-order chi connectivity index (χ0) is 21.9. The summed E-state index contributed by atoms with van der Waals surface area (Å²) < 4.78 is 6.22. The van der Waals surface area contributed by atoms with Crippen molar-refractivity contribution >= 4 is 33.5 Å². The van der Waals surface area contributed by atoms with Gasteiger partial charge in [0.2, 0.25) is 11.8 Å². The Morgan fingerprint density at radius 1 is 1.00 bits per heavy atom. The molecule has 1 aromatic heterocycles. The SMILES string of the molecule is CCCCC1CCC(C(=O)Nc2ccccc2-c2nc3ccc4ccccc4c3o2)CC1. The first kappa shape index (κ1) is 20.7. The Bertz CT molecular complexity index is 1230. The molecule has 164 valence electrons. The van der Waals surface area contributed by atoms with Gasteiger partial charge in [0, 0.05) is 11.3 Å².